The molecular formula is C11H12N2O2. The minimum absolute atomic E-state index is 0.163. The second-order valence-corrected chi connectivity index (χ2v) is 3.87. The third-order valence-corrected chi connectivity index (χ3v) is 2.48. The molecule has 15 heavy (non-hydrogen) atoms. The number of nitrogens with one attached hydrogen (secondary N) is 1. The zero-order valence-corrected chi connectivity index (χ0v) is 8.65. The van der Waals surface area contributed by atoms with Crippen molar-refractivity contribution in [1.29, 1.82) is 0 Å². The Labute approximate surface area is 87.1 Å². The Morgan fingerprint density at radius 1 is 1.40 bits per heavy atom. The van der Waals surface area contributed by atoms with Crippen LogP contribution in [0.25, 0.3) is 10.9 Å². The first-order valence-electron chi connectivity index (χ1n) is 4.85. The molecule has 0 amide bonds. The van der Waals surface area contributed by atoms with E-state index in [0.717, 1.165) is 11.2 Å². The molecule has 2 aromatic rings. The minimum atomic E-state index is -0.347. The van der Waals surface area contributed by atoms with Gasteiger partial charge in [-0.05, 0) is 18.1 Å². The maximum Gasteiger partial charge on any atom is 0.278 e. The summed E-state index contributed by atoms with van der Waals surface area (Å²) < 4.78 is 0. The first-order chi connectivity index (χ1) is 7.09. The van der Waals surface area contributed by atoms with Gasteiger partial charge in [0.25, 0.3) is 5.69 Å². The third-order valence-electron chi connectivity index (χ3n) is 2.48. The van der Waals surface area contributed by atoms with Crippen molar-refractivity contribution < 1.29 is 4.92 Å². The van der Waals surface area contributed by atoms with Gasteiger partial charge in [0.1, 0.15) is 0 Å². The fourth-order valence-corrected chi connectivity index (χ4v) is 1.63. The highest BCUT2D eigenvalue weighted by atomic mass is 16.6. The summed E-state index contributed by atoms with van der Waals surface area (Å²) in [7, 11) is 0. The Morgan fingerprint density at radius 2 is 2.13 bits per heavy atom. The molecule has 4 nitrogen and oxygen atoms in total. The van der Waals surface area contributed by atoms with Gasteiger partial charge in [-0.15, -0.1) is 0 Å². The van der Waals surface area contributed by atoms with E-state index in [4.69, 9.17) is 0 Å². The summed E-state index contributed by atoms with van der Waals surface area (Å²) in [6.07, 6.45) is 0. The van der Waals surface area contributed by atoms with Crippen LogP contribution in [0.2, 0.25) is 0 Å². The lowest BCUT2D eigenvalue weighted by Gasteiger charge is -1.97. The van der Waals surface area contributed by atoms with E-state index in [9.17, 15) is 10.1 Å². The van der Waals surface area contributed by atoms with E-state index in [-0.39, 0.29) is 10.6 Å². The molecule has 1 heterocycles. The maximum absolute atomic E-state index is 10.8. The van der Waals surface area contributed by atoms with Crippen molar-refractivity contribution in [3.05, 3.63) is 40.1 Å². The Kier molecular flexibility index (Phi) is 2.19. The van der Waals surface area contributed by atoms with Crippen LogP contribution < -0.4 is 0 Å². The van der Waals surface area contributed by atoms with E-state index in [1.54, 1.807) is 6.07 Å². The maximum atomic E-state index is 10.8. The molecule has 0 atom stereocenters. The van der Waals surface area contributed by atoms with Crippen LogP contribution in [-0.4, -0.2) is 9.91 Å². The largest absolute Gasteiger partial charge is 0.358 e. The summed E-state index contributed by atoms with van der Waals surface area (Å²) in [6, 6.07) is 6.94. The van der Waals surface area contributed by atoms with Gasteiger partial charge in [0, 0.05) is 11.8 Å². The standard InChI is InChI=1S/C11H12N2O2/c1-7(2)10-6-8-9(12-10)4-3-5-11(8)13(14)15/h3-7,12H,1-2H3. The second-order valence-electron chi connectivity index (χ2n) is 3.87. The molecule has 0 radical (unpaired) electrons. The van der Waals surface area contributed by atoms with Crippen LogP contribution in [0.15, 0.2) is 24.3 Å². The lowest BCUT2D eigenvalue weighted by atomic mass is 10.1. The summed E-state index contributed by atoms with van der Waals surface area (Å²) in [6.45, 7) is 4.10. The summed E-state index contributed by atoms with van der Waals surface area (Å²) in [4.78, 5) is 13.6. The third kappa shape index (κ3) is 1.58. The monoisotopic (exact) mass is 204 g/mol. The molecule has 0 aliphatic carbocycles. The molecule has 0 fully saturated rings. The predicted octanol–water partition coefficient (Wildman–Crippen LogP) is 3.20. The van der Waals surface area contributed by atoms with Crippen LogP contribution >= 0.6 is 0 Å². The van der Waals surface area contributed by atoms with Crippen LogP contribution in [0.3, 0.4) is 0 Å². The number of fused-ring (bicyclic) bond motifs is 1. The van der Waals surface area contributed by atoms with Gasteiger partial charge in [0.15, 0.2) is 0 Å². The summed E-state index contributed by atoms with van der Waals surface area (Å²) in [5.41, 5.74) is 2.02. The van der Waals surface area contributed by atoms with E-state index in [1.165, 1.54) is 6.07 Å². The molecule has 1 aromatic carbocycles. The van der Waals surface area contributed by atoms with Crippen molar-refractivity contribution in [2.75, 3.05) is 0 Å². The van der Waals surface area contributed by atoms with Gasteiger partial charge in [-0.2, -0.15) is 0 Å². The molecule has 1 N–H and O–H groups in total. The van der Waals surface area contributed by atoms with Crippen LogP contribution in [0.4, 0.5) is 5.69 Å². The molecule has 78 valence electrons. The second kappa shape index (κ2) is 3.38. The topological polar surface area (TPSA) is 58.9 Å². The number of non-ortho nitro benzene ring substituents is 1. The number of nitro groups is 1. The number of aromatic amines is 1. The van der Waals surface area contributed by atoms with Gasteiger partial charge in [-0.1, -0.05) is 19.9 Å². The molecule has 1 aromatic heterocycles. The Balaban J connectivity index is 2.70. The van der Waals surface area contributed by atoms with E-state index in [0.29, 0.717) is 11.3 Å². The first-order valence-corrected chi connectivity index (χ1v) is 4.85. The van der Waals surface area contributed by atoms with Gasteiger partial charge in [0.2, 0.25) is 0 Å². The quantitative estimate of drug-likeness (QED) is 0.603. The van der Waals surface area contributed by atoms with Crippen LogP contribution in [0, 0.1) is 10.1 Å². The molecule has 2 rings (SSSR count). The summed E-state index contributed by atoms with van der Waals surface area (Å²) in [5, 5.41) is 11.5. The molecule has 0 saturated heterocycles. The van der Waals surface area contributed by atoms with Crippen LogP contribution in [0.5, 0.6) is 0 Å². The zero-order chi connectivity index (χ0) is 11.0. The average molecular weight is 204 g/mol. The van der Waals surface area contributed by atoms with E-state index in [1.807, 2.05) is 12.1 Å². The van der Waals surface area contributed by atoms with Crippen LogP contribution in [0.1, 0.15) is 25.5 Å². The number of hydrogen-bond donors (Lipinski definition) is 1. The Morgan fingerprint density at radius 3 is 2.73 bits per heavy atom. The number of H-pyrrole nitrogens is 1. The minimum Gasteiger partial charge on any atom is -0.358 e. The van der Waals surface area contributed by atoms with Crippen molar-refractivity contribution in [3.8, 4) is 0 Å². The van der Waals surface area contributed by atoms with Gasteiger partial charge in [0.05, 0.1) is 15.8 Å². The van der Waals surface area contributed by atoms with Gasteiger partial charge >= 0.3 is 0 Å². The fourth-order valence-electron chi connectivity index (χ4n) is 1.63. The van der Waals surface area contributed by atoms with Crippen molar-refractivity contribution in [3.63, 3.8) is 0 Å². The van der Waals surface area contributed by atoms with Crippen molar-refractivity contribution >= 4 is 16.6 Å². The van der Waals surface area contributed by atoms with E-state index >= 15 is 0 Å². The van der Waals surface area contributed by atoms with Gasteiger partial charge < -0.3 is 4.98 Å². The van der Waals surface area contributed by atoms with Crippen molar-refractivity contribution in [2.45, 2.75) is 19.8 Å². The molecule has 4 heteroatoms. The number of rotatable bonds is 2. The molecular weight excluding hydrogens is 192 g/mol. The Hall–Kier alpha value is -1.84. The number of benzene rings is 1. The van der Waals surface area contributed by atoms with Gasteiger partial charge in [-0.25, -0.2) is 0 Å². The number of nitro benzene ring substituents is 1. The van der Waals surface area contributed by atoms with E-state index < -0.39 is 0 Å². The van der Waals surface area contributed by atoms with Crippen LogP contribution in [-0.2, 0) is 0 Å². The highest BCUT2D eigenvalue weighted by Crippen LogP contribution is 2.28. The van der Waals surface area contributed by atoms with E-state index in [2.05, 4.69) is 18.8 Å². The van der Waals surface area contributed by atoms with Crippen molar-refractivity contribution in [1.82, 2.24) is 4.98 Å². The summed E-state index contributed by atoms with van der Waals surface area (Å²) in [5.74, 6) is 0.344. The lowest BCUT2D eigenvalue weighted by molar-refractivity contribution is -0.383. The number of nitrogens with zero attached hydrogens (tertiary/aromatic N) is 1. The SMILES string of the molecule is CC(C)c1cc2c([N+](=O)[O-])cccc2[nH]1. The summed E-state index contributed by atoms with van der Waals surface area (Å²) >= 11 is 0. The zero-order valence-electron chi connectivity index (χ0n) is 8.65. The van der Waals surface area contributed by atoms with Gasteiger partial charge in [-0.3, -0.25) is 10.1 Å². The molecule has 0 bridgehead atoms. The lowest BCUT2D eigenvalue weighted by Crippen LogP contribution is -1.87. The normalized spacial score (nSPS) is 11.1. The first kappa shape index (κ1) is 9.71. The number of hydrogen-bond acceptors (Lipinski definition) is 2. The Bertz CT molecular complexity index is 514. The number of aromatic nitrogens is 1. The molecule has 0 unspecified atom stereocenters. The predicted molar refractivity (Wildman–Crippen MR) is 59.0 cm³/mol. The average Bonchev–Trinajstić information content (AvgIpc) is 2.60. The molecule has 0 spiro atoms. The smallest absolute Gasteiger partial charge is 0.278 e. The van der Waals surface area contributed by atoms with Crippen molar-refractivity contribution in [2.24, 2.45) is 0 Å². The highest BCUT2D eigenvalue weighted by Gasteiger charge is 2.14. The molecule has 0 aliphatic heterocycles. The highest BCUT2D eigenvalue weighted by molar-refractivity contribution is 5.89. The molecule has 0 saturated carbocycles. The molecule has 0 aliphatic rings. The fraction of sp³-hybridized carbons (Fsp3) is 0.273.